The van der Waals surface area contributed by atoms with Crippen LogP contribution in [0.25, 0.3) is 0 Å². The first kappa shape index (κ1) is 7.84. The van der Waals surface area contributed by atoms with Crippen LogP contribution in [0.3, 0.4) is 0 Å². The molecule has 0 amide bonds. The SMILES string of the molecule is CCC1=CCCC(C)CC1. The van der Waals surface area contributed by atoms with Crippen molar-refractivity contribution in [3.63, 3.8) is 0 Å². The van der Waals surface area contributed by atoms with Gasteiger partial charge in [0.1, 0.15) is 0 Å². The van der Waals surface area contributed by atoms with E-state index in [9.17, 15) is 0 Å². The van der Waals surface area contributed by atoms with E-state index in [4.69, 9.17) is 0 Å². The molecule has 1 aliphatic carbocycles. The van der Waals surface area contributed by atoms with E-state index in [2.05, 4.69) is 19.9 Å². The minimum Gasteiger partial charge on any atom is -0.0853 e. The Morgan fingerprint density at radius 3 is 3.00 bits per heavy atom. The Hall–Kier alpha value is -0.260. The summed E-state index contributed by atoms with van der Waals surface area (Å²) < 4.78 is 0. The van der Waals surface area contributed by atoms with Gasteiger partial charge in [0.15, 0.2) is 0 Å². The molecular formula is C10H18. The third-order valence-electron chi connectivity index (χ3n) is 2.50. The Bertz CT molecular complexity index is 122. The molecule has 58 valence electrons. The Balaban J connectivity index is 2.40. The second-order valence-corrected chi connectivity index (χ2v) is 3.44. The molecule has 0 aliphatic heterocycles. The van der Waals surface area contributed by atoms with Gasteiger partial charge in [0.2, 0.25) is 0 Å². The maximum absolute atomic E-state index is 2.45. The van der Waals surface area contributed by atoms with Gasteiger partial charge in [0.25, 0.3) is 0 Å². The van der Waals surface area contributed by atoms with Crippen LogP contribution >= 0.6 is 0 Å². The molecule has 1 rings (SSSR count). The average molecular weight is 138 g/mol. The van der Waals surface area contributed by atoms with Gasteiger partial charge in [-0.05, 0) is 38.0 Å². The molecule has 0 heterocycles. The van der Waals surface area contributed by atoms with Crippen LogP contribution in [0.1, 0.15) is 46.0 Å². The quantitative estimate of drug-likeness (QED) is 0.486. The van der Waals surface area contributed by atoms with Gasteiger partial charge in [-0.1, -0.05) is 25.5 Å². The van der Waals surface area contributed by atoms with Crippen LogP contribution in [0, 0.1) is 5.92 Å². The lowest BCUT2D eigenvalue weighted by Gasteiger charge is -2.05. The monoisotopic (exact) mass is 138 g/mol. The molecule has 0 nitrogen and oxygen atoms in total. The molecule has 0 radical (unpaired) electrons. The van der Waals surface area contributed by atoms with Crippen molar-refractivity contribution in [3.05, 3.63) is 11.6 Å². The van der Waals surface area contributed by atoms with Gasteiger partial charge in [-0.3, -0.25) is 0 Å². The standard InChI is InChI=1S/C10H18/c1-3-10-6-4-5-9(2)7-8-10/h6,9H,3-5,7-8H2,1-2H3. The second-order valence-electron chi connectivity index (χ2n) is 3.44. The Morgan fingerprint density at radius 2 is 2.30 bits per heavy atom. The Labute approximate surface area is 64.3 Å². The van der Waals surface area contributed by atoms with Crippen LogP contribution in [-0.2, 0) is 0 Å². The number of rotatable bonds is 1. The Morgan fingerprint density at radius 1 is 1.50 bits per heavy atom. The van der Waals surface area contributed by atoms with Gasteiger partial charge in [0, 0.05) is 0 Å². The van der Waals surface area contributed by atoms with E-state index in [1.54, 1.807) is 5.57 Å². The minimum absolute atomic E-state index is 0.959. The summed E-state index contributed by atoms with van der Waals surface area (Å²) in [5, 5.41) is 0. The molecule has 0 N–H and O–H groups in total. The van der Waals surface area contributed by atoms with E-state index in [1.165, 1.54) is 32.1 Å². The van der Waals surface area contributed by atoms with Crippen molar-refractivity contribution >= 4 is 0 Å². The zero-order valence-corrected chi connectivity index (χ0v) is 7.19. The molecule has 1 unspecified atom stereocenters. The summed E-state index contributed by atoms with van der Waals surface area (Å²) in [6.07, 6.45) is 9.22. The first-order valence-corrected chi connectivity index (χ1v) is 4.50. The fourth-order valence-electron chi connectivity index (χ4n) is 1.57. The van der Waals surface area contributed by atoms with Crippen LogP contribution in [-0.4, -0.2) is 0 Å². The molecule has 0 saturated heterocycles. The third kappa shape index (κ3) is 2.17. The second kappa shape index (κ2) is 3.80. The van der Waals surface area contributed by atoms with Gasteiger partial charge in [0.05, 0.1) is 0 Å². The zero-order chi connectivity index (χ0) is 7.40. The van der Waals surface area contributed by atoms with Crippen molar-refractivity contribution in [1.82, 2.24) is 0 Å². The highest BCUT2D eigenvalue weighted by Gasteiger charge is 2.06. The van der Waals surface area contributed by atoms with Crippen molar-refractivity contribution in [1.29, 1.82) is 0 Å². The number of hydrogen-bond acceptors (Lipinski definition) is 0. The minimum atomic E-state index is 0.959. The molecule has 1 atom stereocenters. The third-order valence-corrected chi connectivity index (χ3v) is 2.50. The van der Waals surface area contributed by atoms with E-state index in [0.717, 1.165) is 5.92 Å². The number of allylic oxidation sites excluding steroid dienone is 2. The molecule has 0 aromatic carbocycles. The molecule has 0 aromatic rings. The van der Waals surface area contributed by atoms with Gasteiger partial charge in [-0.2, -0.15) is 0 Å². The van der Waals surface area contributed by atoms with Crippen molar-refractivity contribution in [3.8, 4) is 0 Å². The van der Waals surface area contributed by atoms with E-state index >= 15 is 0 Å². The van der Waals surface area contributed by atoms with Crippen molar-refractivity contribution in [2.24, 2.45) is 5.92 Å². The van der Waals surface area contributed by atoms with Crippen LogP contribution in [0.2, 0.25) is 0 Å². The summed E-state index contributed by atoms with van der Waals surface area (Å²) in [5.41, 5.74) is 1.68. The van der Waals surface area contributed by atoms with Crippen LogP contribution < -0.4 is 0 Å². The summed E-state index contributed by atoms with van der Waals surface area (Å²) in [6, 6.07) is 0. The predicted molar refractivity (Wildman–Crippen MR) is 46.0 cm³/mol. The lowest BCUT2D eigenvalue weighted by atomic mass is 10.0. The Kier molecular flexibility index (Phi) is 2.98. The van der Waals surface area contributed by atoms with Gasteiger partial charge >= 0.3 is 0 Å². The molecule has 0 aromatic heterocycles. The molecule has 0 bridgehead atoms. The molecule has 0 fully saturated rings. The summed E-state index contributed by atoms with van der Waals surface area (Å²) >= 11 is 0. The zero-order valence-electron chi connectivity index (χ0n) is 7.19. The summed E-state index contributed by atoms with van der Waals surface area (Å²) in [4.78, 5) is 0. The highest BCUT2D eigenvalue weighted by molar-refractivity contribution is 5.02. The van der Waals surface area contributed by atoms with Crippen LogP contribution in [0.15, 0.2) is 11.6 Å². The summed E-state index contributed by atoms with van der Waals surface area (Å²) in [5.74, 6) is 0.959. The van der Waals surface area contributed by atoms with Gasteiger partial charge in [-0.25, -0.2) is 0 Å². The molecule has 10 heavy (non-hydrogen) atoms. The van der Waals surface area contributed by atoms with Crippen LogP contribution in [0.4, 0.5) is 0 Å². The van der Waals surface area contributed by atoms with E-state index in [0.29, 0.717) is 0 Å². The average Bonchev–Trinajstić information content (AvgIpc) is 2.14. The first-order valence-electron chi connectivity index (χ1n) is 4.50. The van der Waals surface area contributed by atoms with Crippen molar-refractivity contribution < 1.29 is 0 Å². The predicted octanol–water partition coefficient (Wildman–Crippen LogP) is 3.53. The normalized spacial score (nSPS) is 27.4. The molecule has 0 spiro atoms. The summed E-state index contributed by atoms with van der Waals surface area (Å²) in [7, 11) is 0. The van der Waals surface area contributed by atoms with E-state index in [-0.39, 0.29) is 0 Å². The van der Waals surface area contributed by atoms with Gasteiger partial charge in [-0.15, -0.1) is 0 Å². The highest BCUT2D eigenvalue weighted by Crippen LogP contribution is 2.23. The van der Waals surface area contributed by atoms with Gasteiger partial charge < -0.3 is 0 Å². The van der Waals surface area contributed by atoms with E-state index < -0.39 is 0 Å². The van der Waals surface area contributed by atoms with Crippen molar-refractivity contribution in [2.45, 2.75) is 46.0 Å². The molecule has 0 saturated carbocycles. The van der Waals surface area contributed by atoms with Crippen LogP contribution in [0.5, 0.6) is 0 Å². The largest absolute Gasteiger partial charge is 0.0853 e. The lowest BCUT2D eigenvalue weighted by molar-refractivity contribution is 0.509. The highest BCUT2D eigenvalue weighted by atomic mass is 14.1. The topological polar surface area (TPSA) is 0 Å². The number of hydrogen-bond donors (Lipinski definition) is 0. The van der Waals surface area contributed by atoms with Crippen molar-refractivity contribution in [2.75, 3.05) is 0 Å². The maximum Gasteiger partial charge on any atom is -0.0318 e. The fourth-order valence-corrected chi connectivity index (χ4v) is 1.57. The first-order chi connectivity index (χ1) is 4.83. The summed E-state index contributed by atoms with van der Waals surface area (Å²) in [6.45, 7) is 4.63. The lowest BCUT2D eigenvalue weighted by Crippen LogP contribution is -1.90. The fraction of sp³-hybridized carbons (Fsp3) is 0.800. The molecule has 0 heteroatoms. The molecular weight excluding hydrogens is 120 g/mol. The maximum atomic E-state index is 2.45. The molecule has 1 aliphatic rings. The van der Waals surface area contributed by atoms with E-state index in [1.807, 2.05) is 0 Å². The smallest absolute Gasteiger partial charge is 0.0318 e.